The summed E-state index contributed by atoms with van der Waals surface area (Å²) in [6.07, 6.45) is 10.2. The summed E-state index contributed by atoms with van der Waals surface area (Å²) >= 11 is 0. The number of rotatable bonds is 2. The van der Waals surface area contributed by atoms with E-state index in [1.165, 1.54) is 19.3 Å². The Morgan fingerprint density at radius 3 is 3.28 bits per heavy atom. The van der Waals surface area contributed by atoms with Gasteiger partial charge in [-0.1, -0.05) is 13.3 Å². The normalized spacial score (nSPS) is 35.3. The predicted molar refractivity (Wildman–Crippen MR) is 71.6 cm³/mol. The molecule has 6 nitrogen and oxygen atoms in total. The van der Waals surface area contributed by atoms with Crippen LogP contribution in [0.5, 0.6) is 0 Å². The van der Waals surface area contributed by atoms with E-state index in [2.05, 4.69) is 27.3 Å². The first-order valence-corrected chi connectivity index (χ1v) is 6.65. The van der Waals surface area contributed by atoms with Gasteiger partial charge in [-0.15, -0.1) is 0 Å². The van der Waals surface area contributed by atoms with Crippen LogP contribution in [-0.4, -0.2) is 40.3 Å². The summed E-state index contributed by atoms with van der Waals surface area (Å²) in [6.45, 7) is 3.23. The molecule has 2 atom stereocenters. The first kappa shape index (κ1) is 11.7. The van der Waals surface area contributed by atoms with Crippen molar-refractivity contribution >= 4 is 12.1 Å². The molecule has 1 fully saturated rings. The van der Waals surface area contributed by atoms with Crippen molar-refractivity contribution in [1.29, 1.82) is 0 Å². The Balaban J connectivity index is 1.86. The fourth-order valence-electron chi connectivity index (χ4n) is 2.99. The van der Waals surface area contributed by atoms with Crippen molar-refractivity contribution in [3.8, 4) is 0 Å². The quantitative estimate of drug-likeness (QED) is 0.750. The van der Waals surface area contributed by atoms with Gasteiger partial charge in [0.15, 0.2) is 5.84 Å². The topological polar surface area (TPSA) is 69.2 Å². The van der Waals surface area contributed by atoms with Crippen LogP contribution in [0, 0.1) is 0 Å². The van der Waals surface area contributed by atoms with E-state index in [1.54, 1.807) is 12.4 Å². The van der Waals surface area contributed by atoms with E-state index >= 15 is 0 Å². The third kappa shape index (κ3) is 1.64. The number of nitrogens with two attached hydrogens (primary N) is 1. The monoisotopic (exact) mass is 248 g/mol. The maximum Gasteiger partial charge on any atom is 0.247 e. The third-order valence-electron chi connectivity index (χ3n) is 3.98. The van der Waals surface area contributed by atoms with Gasteiger partial charge in [0.1, 0.15) is 0 Å². The molecule has 3 N–H and O–H groups in total. The standard InChI is InChI=1S/C12H20N6/c1-2-10-5-3-4-7-17(10)12(13)16-15-11-9-14-6-8-18(11)12/h6,8-10,16H,2-5,7,13H2,1H3. The SMILES string of the molecule is CCC1CCCCN1C1(N)NN=C2C=NC=CN21. The number of amidine groups is 1. The highest BCUT2D eigenvalue weighted by atomic mass is 15.7. The van der Waals surface area contributed by atoms with E-state index in [4.69, 9.17) is 5.73 Å². The molecule has 98 valence electrons. The summed E-state index contributed by atoms with van der Waals surface area (Å²) in [5.74, 6) is 0.0414. The zero-order valence-electron chi connectivity index (χ0n) is 10.7. The summed E-state index contributed by atoms with van der Waals surface area (Å²) < 4.78 is 0. The summed E-state index contributed by atoms with van der Waals surface area (Å²) in [5.41, 5.74) is 9.65. The van der Waals surface area contributed by atoms with Crippen molar-refractivity contribution in [3.63, 3.8) is 0 Å². The highest BCUT2D eigenvalue weighted by molar-refractivity contribution is 6.30. The first-order valence-electron chi connectivity index (χ1n) is 6.65. The summed E-state index contributed by atoms with van der Waals surface area (Å²) in [7, 11) is 0. The van der Waals surface area contributed by atoms with E-state index in [1.807, 2.05) is 11.1 Å². The molecule has 0 spiro atoms. The van der Waals surface area contributed by atoms with Crippen LogP contribution in [0.2, 0.25) is 0 Å². The maximum absolute atomic E-state index is 6.57. The number of piperidine rings is 1. The van der Waals surface area contributed by atoms with Gasteiger partial charge in [-0.05, 0) is 19.3 Å². The van der Waals surface area contributed by atoms with Gasteiger partial charge in [-0.2, -0.15) is 5.10 Å². The summed E-state index contributed by atoms with van der Waals surface area (Å²) in [6, 6.07) is 0.512. The molecular formula is C12H20N6. The second-order valence-electron chi connectivity index (χ2n) is 5.01. The molecular weight excluding hydrogens is 228 g/mol. The van der Waals surface area contributed by atoms with Gasteiger partial charge in [0, 0.05) is 25.0 Å². The Hall–Kier alpha value is -1.40. The second-order valence-corrected chi connectivity index (χ2v) is 5.01. The molecule has 3 aliphatic rings. The van der Waals surface area contributed by atoms with Crippen LogP contribution in [0.4, 0.5) is 0 Å². The fourth-order valence-corrected chi connectivity index (χ4v) is 2.99. The lowest BCUT2D eigenvalue weighted by Gasteiger charge is -2.48. The van der Waals surface area contributed by atoms with Gasteiger partial charge in [0.05, 0.1) is 6.21 Å². The molecule has 0 saturated carbocycles. The van der Waals surface area contributed by atoms with Gasteiger partial charge < -0.3 is 0 Å². The van der Waals surface area contributed by atoms with Crippen LogP contribution in [-0.2, 0) is 0 Å². The molecule has 18 heavy (non-hydrogen) atoms. The lowest BCUT2D eigenvalue weighted by molar-refractivity contribution is -0.0553. The van der Waals surface area contributed by atoms with Crippen LogP contribution < -0.4 is 11.2 Å². The number of nitrogens with zero attached hydrogens (tertiary/aromatic N) is 4. The van der Waals surface area contributed by atoms with Crippen molar-refractivity contribution in [3.05, 3.63) is 12.4 Å². The number of likely N-dealkylation sites (tertiary alicyclic amines) is 1. The van der Waals surface area contributed by atoms with Crippen LogP contribution in [0.1, 0.15) is 32.6 Å². The lowest BCUT2D eigenvalue weighted by atomic mass is 9.99. The average molecular weight is 248 g/mol. The van der Waals surface area contributed by atoms with Gasteiger partial charge in [0.2, 0.25) is 5.91 Å². The molecule has 0 aliphatic carbocycles. The number of nitrogens with one attached hydrogen (secondary N) is 1. The van der Waals surface area contributed by atoms with Crippen LogP contribution in [0.3, 0.4) is 0 Å². The molecule has 6 heteroatoms. The molecule has 0 aromatic heterocycles. The number of hydrogen-bond donors (Lipinski definition) is 2. The molecule has 0 radical (unpaired) electrons. The molecule has 1 saturated heterocycles. The van der Waals surface area contributed by atoms with Crippen molar-refractivity contribution in [2.45, 2.75) is 44.6 Å². The Kier molecular flexibility index (Phi) is 2.83. The average Bonchev–Trinajstić information content (AvgIpc) is 2.78. The minimum absolute atomic E-state index is 0.512. The lowest BCUT2D eigenvalue weighted by Crippen LogP contribution is -2.73. The van der Waals surface area contributed by atoms with E-state index < -0.39 is 5.91 Å². The van der Waals surface area contributed by atoms with Gasteiger partial charge in [0.25, 0.3) is 0 Å². The van der Waals surface area contributed by atoms with Crippen molar-refractivity contribution < 1.29 is 0 Å². The fraction of sp³-hybridized carbons (Fsp3) is 0.667. The van der Waals surface area contributed by atoms with Crippen molar-refractivity contribution in [2.75, 3.05) is 6.54 Å². The van der Waals surface area contributed by atoms with Gasteiger partial charge in [-0.25, -0.2) is 4.90 Å². The van der Waals surface area contributed by atoms with Crippen LogP contribution in [0.15, 0.2) is 22.5 Å². The minimum Gasteiger partial charge on any atom is -0.278 e. The molecule has 0 amide bonds. The minimum atomic E-state index is -0.737. The maximum atomic E-state index is 6.57. The number of hydrogen-bond acceptors (Lipinski definition) is 6. The zero-order chi connectivity index (χ0) is 12.6. The first-order chi connectivity index (χ1) is 8.75. The zero-order valence-corrected chi connectivity index (χ0v) is 10.7. The van der Waals surface area contributed by atoms with E-state index in [-0.39, 0.29) is 0 Å². The second kappa shape index (κ2) is 4.37. The van der Waals surface area contributed by atoms with E-state index in [9.17, 15) is 0 Å². The molecule has 0 bridgehead atoms. The molecule has 0 aromatic rings. The summed E-state index contributed by atoms with van der Waals surface area (Å²) in [5, 5.41) is 4.28. The Bertz CT molecular complexity index is 415. The highest BCUT2D eigenvalue weighted by Crippen LogP contribution is 2.29. The van der Waals surface area contributed by atoms with Crippen molar-refractivity contribution in [2.24, 2.45) is 15.8 Å². The molecule has 3 rings (SSSR count). The molecule has 2 unspecified atom stereocenters. The highest BCUT2D eigenvalue weighted by Gasteiger charge is 2.47. The Morgan fingerprint density at radius 1 is 1.56 bits per heavy atom. The van der Waals surface area contributed by atoms with E-state index in [0.717, 1.165) is 18.8 Å². The third-order valence-corrected chi connectivity index (χ3v) is 3.98. The number of hydrazone groups is 1. The Morgan fingerprint density at radius 2 is 2.44 bits per heavy atom. The number of fused-ring (bicyclic) bond motifs is 1. The molecule has 3 heterocycles. The van der Waals surface area contributed by atoms with Gasteiger partial charge >= 0.3 is 0 Å². The summed E-state index contributed by atoms with van der Waals surface area (Å²) in [4.78, 5) is 8.37. The van der Waals surface area contributed by atoms with Crippen LogP contribution in [0.25, 0.3) is 0 Å². The van der Waals surface area contributed by atoms with Crippen molar-refractivity contribution in [1.82, 2.24) is 15.2 Å². The number of aliphatic imine (C=N–C) groups is 1. The van der Waals surface area contributed by atoms with Crippen LogP contribution >= 0.6 is 0 Å². The largest absolute Gasteiger partial charge is 0.278 e. The van der Waals surface area contributed by atoms with Gasteiger partial charge in [-0.3, -0.25) is 21.1 Å². The molecule has 0 aromatic carbocycles. The van der Waals surface area contributed by atoms with E-state index in [0.29, 0.717) is 6.04 Å². The predicted octanol–water partition coefficient (Wildman–Crippen LogP) is 0.595. The Labute approximate surface area is 107 Å². The molecule has 3 aliphatic heterocycles. The smallest absolute Gasteiger partial charge is 0.247 e.